The molecule has 0 saturated heterocycles. The van der Waals surface area contributed by atoms with Gasteiger partial charge in [-0.15, -0.1) is 0 Å². The molecule has 2 aromatic rings. The molecule has 0 spiro atoms. The molecule has 0 saturated carbocycles. The number of nitrogens with zero attached hydrogens (tertiary/aromatic N) is 2. The molecule has 2 heterocycles. The van der Waals surface area contributed by atoms with Crippen molar-refractivity contribution in [3.05, 3.63) is 71.4 Å². The number of carbonyl (C=O) groups is 2. The predicted molar refractivity (Wildman–Crippen MR) is 104 cm³/mol. The average molecular weight is 362 g/mol. The zero-order chi connectivity index (χ0) is 18.8. The summed E-state index contributed by atoms with van der Waals surface area (Å²) in [6.07, 6.45) is 1.49. The Kier molecular flexibility index (Phi) is 4.77. The lowest BCUT2D eigenvalue weighted by molar-refractivity contribution is -0.137. The molecule has 2 amide bonds. The second kappa shape index (κ2) is 7.37. The van der Waals surface area contributed by atoms with Gasteiger partial charge in [0, 0.05) is 32.5 Å². The van der Waals surface area contributed by atoms with E-state index in [9.17, 15) is 9.59 Å². The molecule has 2 aliphatic heterocycles. The summed E-state index contributed by atoms with van der Waals surface area (Å²) in [4.78, 5) is 29.8. The smallest absolute Gasteiger partial charge is 0.278 e. The summed E-state index contributed by atoms with van der Waals surface area (Å²) in [5, 5.41) is 0. The van der Waals surface area contributed by atoms with Crippen molar-refractivity contribution in [2.45, 2.75) is 12.8 Å². The third-order valence-corrected chi connectivity index (χ3v) is 5.09. The summed E-state index contributed by atoms with van der Waals surface area (Å²) in [6, 6.07) is 17.5. The van der Waals surface area contributed by atoms with Gasteiger partial charge in [-0.25, -0.2) is 0 Å². The van der Waals surface area contributed by atoms with Crippen LogP contribution < -0.4 is 4.90 Å². The molecule has 138 valence electrons. The maximum atomic E-state index is 13.3. The number of fused-ring (bicyclic) bond motifs is 1. The van der Waals surface area contributed by atoms with Gasteiger partial charge in [-0.1, -0.05) is 48.5 Å². The topological polar surface area (TPSA) is 49.9 Å². The van der Waals surface area contributed by atoms with E-state index in [1.807, 2.05) is 53.4 Å². The van der Waals surface area contributed by atoms with Crippen molar-refractivity contribution < 1.29 is 14.3 Å². The van der Waals surface area contributed by atoms with Crippen LogP contribution in [0.5, 0.6) is 0 Å². The van der Waals surface area contributed by atoms with Gasteiger partial charge in [0.05, 0.1) is 5.57 Å². The van der Waals surface area contributed by atoms with Crippen LogP contribution in [-0.4, -0.2) is 43.5 Å². The molecule has 0 aliphatic carbocycles. The molecule has 0 atom stereocenters. The second-order valence-corrected chi connectivity index (χ2v) is 6.73. The van der Waals surface area contributed by atoms with E-state index in [1.165, 1.54) is 10.5 Å². The fraction of sp³-hybridized carbons (Fsp3) is 0.273. The molecule has 0 bridgehead atoms. The van der Waals surface area contributed by atoms with E-state index in [0.29, 0.717) is 37.4 Å². The molecule has 0 unspecified atom stereocenters. The molecule has 0 N–H and O–H groups in total. The Hall–Kier alpha value is -2.92. The van der Waals surface area contributed by atoms with Gasteiger partial charge in [0.25, 0.3) is 11.8 Å². The fourth-order valence-electron chi connectivity index (χ4n) is 3.82. The Labute approximate surface area is 158 Å². The van der Waals surface area contributed by atoms with E-state index in [2.05, 4.69) is 6.07 Å². The van der Waals surface area contributed by atoms with Crippen LogP contribution in [0.3, 0.4) is 0 Å². The van der Waals surface area contributed by atoms with E-state index in [1.54, 1.807) is 7.11 Å². The van der Waals surface area contributed by atoms with Crippen LogP contribution in [0.15, 0.2) is 60.3 Å². The number of benzene rings is 2. The van der Waals surface area contributed by atoms with Crippen LogP contribution in [0.25, 0.3) is 5.57 Å². The number of rotatable bonds is 6. The SMILES string of the molecule is COCCCN1C(=O)C(c2ccccc2)=C(N2CCc3ccccc32)C1=O. The van der Waals surface area contributed by atoms with Crippen LogP contribution in [0.2, 0.25) is 0 Å². The largest absolute Gasteiger partial charge is 0.385 e. The molecule has 0 fully saturated rings. The Morgan fingerprint density at radius 2 is 1.70 bits per heavy atom. The standard InChI is InChI=1S/C22H22N2O3/c1-27-15-7-13-24-21(25)19(17-9-3-2-4-10-17)20(22(24)26)23-14-12-16-8-5-6-11-18(16)23/h2-6,8-11H,7,12-15H2,1H3. The highest BCUT2D eigenvalue weighted by Gasteiger charge is 2.42. The van der Waals surface area contributed by atoms with Crippen molar-refractivity contribution in [3.63, 3.8) is 0 Å². The minimum absolute atomic E-state index is 0.216. The zero-order valence-corrected chi connectivity index (χ0v) is 15.4. The van der Waals surface area contributed by atoms with E-state index < -0.39 is 0 Å². The number of ether oxygens (including phenoxy) is 1. The zero-order valence-electron chi connectivity index (χ0n) is 15.4. The molecule has 0 radical (unpaired) electrons. The van der Waals surface area contributed by atoms with Crippen LogP contribution in [0, 0.1) is 0 Å². The highest BCUT2D eigenvalue weighted by atomic mass is 16.5. The molecule has 4 rings (SSSR count). The summed E-state index contributed by atoms with van der Waals surface area (Å²) in [7, 11) is 1.62. The van der Waals surface area contributed by atoms with Gasteiger partial charge < -0.3 is 9.64 Å². The number of hydrogen-bond acceptors (Lipinski definition) is 4. The quantitative estimate of drug-likeness (QED) is 0.586. The maximum absolute atomic E-state index is 13.3. The number of amides is 2. The molecule has 5 heteroatoms. The van der Waals surface area contributed by atoms with Crippen molar-refractivity contribution in [1.82, 2.24) is 4.90 Å². The van der Waals surface area contributed by atoms with E-state index in [4.69, 9.17) is 4.74 Å². The number of imide groups is 1. The Balaban J connectivity index is 1.78. The van der Waals surface area contributed by atoms with Crippen LogP contribution >= 0.6 is 0 Å². The van der Waals surface area contributed by atoms with Gasteiger partial charge in [-0.3, -0.25) is 14.5 Å². The molecular formula is C22H22N2O3. The highest BCUT2D eigenvalue weighted by molar-refractivity contribution is 6.36. The molecule has 27 heavy (non-hydrogen) atoms. The fourth-order valence-corrected chi connectivity index (χ4v) is 3.82. The van der Waals surface area contributed by atoms with Crippen LogP contribution in [0.1, 0.15) is 17.5 Å². The van der Waals surface area contributed by atoms with Gasteiger partial charge >= 0.3 is 0 Å². The van der Waals surface area contributed by atoms with Gasteiger partial charge in [0.1, 0.15) is 5.70 Å². The van der Waals surface area contributed by atoms with Crippen molar-refractivity contribution >= 4 is 23.1 Å². The van der Waals surface area contributed by atoms with E-state index >= 15 is 0 Å². The summed E-state index contributed by atoms with van der Waals surface area (Å²) >= 11 is 0. The highest BCUT2D eigenvalue weighted by Crippen LogP contribution is 2.38. The number of anilines is 1. The molecule has 2 aromatic carbocycles. The molecule has 0 aromatic heterocycles. The maximum Gasteiger partial charge on any atom is 0.278 e. The van der Waals surface area contributed by atoms with Crippen molar-refractivity contribution in [2.24, 2.45) is 0 Å². The van der Waals surface area contributed by atoms with Crippen LogP contribution in [-0.2, 0) is 20.7 Å². The lowest BCUT2D eigenvalue weighted by Gasteiger charge is -2.21. The van der Waals surface area contributed by atoms with Gasteiger partial charge in [-0.05, 0) is 30.0 Å². The van der Waals surface area contributed by atoms with Crippen molar-refractivity contribution in [3.8, 4) is 0 Å². The summed E-state index contributed by atoms with van der Waals surface area (Å²) in [5.74, 6) is -0.437. The minimum Gasteiger partial charge on any atom is -0.385 e. The summed E-state index contributed by atoms with van der Waals surface area (Å²) < 4.78 is 5.08. The number of methoxy groups -OCH3 is 1. The number of carbonyl (C=O) groups excluding carboxylic acids is 2. The third-order valence-electron chi connectivity index (χ3n) is 5.09. The lowest BCUT2D eigenvalue weighted by atomic mass is 10.0. The average Bonchev–Trinajstić information content (AvgIpc) is 3.22. The third kappa shape index (κ3) is 3.04. The van der Waals surface area contributed by atoms with Gasteiger partial charge in [0.2, 0.25) is 0 Å². The number of para-hydroxylation sites is 1. The Morgan fingerprint density at radius 3 is 2.48 bits per heavy atom. The van der Waals surface area contributed by atoms with Gasteiger partial charge in [0.15, 0.2) is 0 Å². The van der Waals surface area contributed by atoms with Crippen molar-refractivity contribution in [1.29, 1.82) is 0 Å². The summed E-state index contributed by atoms with van der Waals surface area (Å²) in [5.41, 5.74) is 3.99. The minimum atomic E-state index is -0.221. The first-order chi connectivity index (χ1) is 13.2. The predicted octanol–water partition coefficient (Wildman–Crippen LogP) is 2.87. The molecule has 5 nitrogen and oxygen atoms in total. The Morgan fingerprint density at radius 1 is 0.963 bits per heavy atom. The first kappa shape index (κ1) is 17.5. The van der Waals surface area contributed by atoms with E-state index in [-0.39, 0.29) is 11.8 Å². The van der Waals surface area contributed by atoms with Gasteiger partial charge in [-0.2, -0.15) is 0 Å². The van der Waals surface area contributed by atoms with Crippen molar-refractivity contribution in [2.75, 3.05) is 31.7 Å². The van der Waals surface area contributed by atoms with Crippen LogP contribution in [0.4, 0.5) is 5.69 Å². The molecular weight excluding hydrogens is 340 g/mol. The monoisotopic (exact) mass is 362 g/mol. The normalized spacial score (nSPS) is 16.5. The first-order valence-corrected chi connectivity index (χ1v) is 9.22. The first-order valence-electron chi connectivity index (χ1n) is 9.22. The lowest BCUT2D eigenvalue weighted by Crippen LogP contribution is -2.36. The number of hydrogen-bond donors (Lipinski definition) is 0. The Bertz CT molecular complexity index is 905. The van der Waals surface area contributed by atoms with E-state index in [0.717, 1.165) is 17.7 Å². The molecule has 2 aliphatic rings. The summed E-state index contributed by atoms with van der Waals surface area (Å²) in [6.45, 7) is 1.58. The second-order valence-electron chi connectivity index (χ2n) is 6.73.